The van der Waals surface area contributed by atoms with Crippen molar-refractivity contribution in [1.82, 2.24) is 5.32 Å². The molecule has 0 radical (unpaired) electrons. The molecule has 0 heterocycles. The van der Waals surface area contributed by atoms with Gasteiger partial charge in [-0.1, -0.05) is 54.9 Å². The fraction of sp³-hybridized carbons (Fsp3) is 0.625. The van der Waals surface area contributed by atoms with E-state index in [0.717, 1.165) is 37.8 Å². The number of methoxy groups -OCH3 is 1. The number of nitrogens with one attached hydrogen (secondary N) is 1. The lowest BCUT2D eigenvalue weighted by Crippen LogP contribution is -2.51. The zero-order valence-electron chi connectivity index (χ0n) is 23.7. The van der Waals surface area contributed by atoms with Gasteiger partial charge in [0.05, 0.1) is 12.8 Å². The largest absolute Gasteiger partial charge is 0.467 e. The van der Waals surface area contributed by atoms with Crippen LogP contribution >= 0.6 is 0 Å². The van der Waals surface area contributed by atoms with Crippen LogP contribution in [0, 0.1) is 34.5 Å². The predicted octanol–water partition coefficient (Wildman–Crippen LogP) is 5.56. The van der Waals surface area contributed by atoms with E-state index in [1.165, 1.54) is 31.9 Å². The maximum atomic E-state index is 12.6. The molecular formula is C32H42N2O5. The molecule has 5 rings (SSSR count). The molecule has 0 bridgehead atoms. The Labute approximate surface area is 231 Å². The zero-order valence-corrected chi connectivity index (χ0v) is 23.7. The van der Waals surface area contributed by atoms with E-state index in [1.807, 2.05) is 6.07 Å². The lowest BCUT2D eigenvalue weighted by Gasteiger charge is -2.58. The number of carbonyl (C=O) groups excluding carboxylic acids is 3. The molecule has 1 aromatic rings. The van der Waals surface area contributed by atoms with Crippen LogP contribution < -0.4 is 5.32 Å². The fourth-order valence-electron chi connectivity index (χ4n) is 8.73. The molecule has 4 aliphatic carbocycles. The van der Waals surface area contributed by atoms with Crippen molar-refractivity contribution in [2.75, 3.05) is 13.7 Å². The third kappa shape index (κ3) is 5.05. The second kappa shape index (κ2) is 10.9. The molecule has 39 heavy (non-hydrogen) atoms. The van der Waals surface area contributed by atoms with Crippen molar-refractivity contribution in [1.29, 1.82) is 0 Å². The molecule has 1 aromatic carbocycles. The van der Waals surface area contributed by atoms with E-state index < -0.39 is 17.9 Å². The van der Waals surface area contributed by atoms with E-state index in [1.54, 1.807) is 31.2 Å². The first-order valence-corrected chi connectivity index (χ1v) is 14.5. The maximum absolute atomic E-state index is 12.6. The van der Waals surface area contributed by atoms with E-state index in [0.29, 0.717) is 29.1 Å². The Hall–Kier alpha value is -2.96. The number of esters is 1. The van der Waals surface area contributed by atoms with Crippen LogP contribution in [0.2, 0.25) is 0 Å². The highest BCUT2D eigenvalue weighted by Gasteiger charge is 2.59. The summed E-state index contributed by atoms with van der Waals surface area (Å²) in [6.45, 7) is 6.36. The Kier molecular flexibility index (Phi) is 7.71. The van der Waals surface area contributed by atoms with E-state index >= 15 is 0 Å². The number of nitrogens with zero attached hydrogens (tertiary/aromatic N) is 1. The van der Waals surface area contributed by atoms with Gasteiger partial charge in [-0.25, -0.2) is 4.79 Å². The Bertz CT molecular complexity index is 1180. The Balaban J connectivity index is 1.22. The molecule has 3 saturated carbocycles. The van der Waals surface area contributed by atoms with Crippen LogP contribution in [0.5, 0.6) is 0 Å². The number of ketones is 1. The van der Waals surface area contributed by atoms with Crippen LogP contribution in [0.25, 0.3) is 0 Å². The van der Waals surface area contributed by atoms with Crippen LogP contribution in [-0.2, 0) is 24.0 Å². The lowest BCUT2D eigenvalue weighted by atomic mass is 9.46. The fourth-order valence-corrected chi connectivity index (χ4v) is 8.73. The monoisotopic (exact) mass is 534 g/mol. The van der Waals surface area contributed by atoms with Gasteiger partial charge in [-0.05, 0) is 98.5 Å². The van der Waals surface area contributed by atoms with Crippen molar-refractivity contribution in [2.24, 2.45) is 39.7 Å². The van der Waals surface area contributed by atoms with Gasteiger partial charge >= 0.3 is 5.97 Å². The SMILES string of the molecule is COC(=O)C(NC(=O)CO/N=C1\C=C2CCC3C4CCC(C(C)=O)[C@@]4(C)CCC3[C@@]2(C)CC1)c1ccccc1. The molecule has 3 fully saturated rings. The number of allylic oxidation sites excluding steroid dienone is 2. The van der Waals surface area contributed by atoms with Gasteiger partial charge in [0.1, 0.15) is 5.78 Å². The zero-order chi connectivity index (χ0) is 27.8. The summed E-state index contributed by atoms with van der Waals surface area (Å²) in [4.78, 5) is 42.6. The van der Waals surface area contributed by atoms with Crippen molar-refractivity contribution in [2.45, 2.75) is 78.2 Å². The molecule has 0 aromatic heterocycles. The molecule has 1 amide bonds. The van der Waals surface area contributed by atoms with E-state index in [-0.39, 0.29) is 23.4 Å². The van der Waals surface area contributed by atoms with Crippen LogP contribution in [0.4, 0.5) is 0 Å². The third-order valence-corrected chi connectivity index (χ3v) is 10.7. The standard InChI is InChI=1S/C32H42N2O5/c1-20(35)25-12-13-26-24-11-10-22-18-23(14-16-31(22,2)27(24)15-17-32(25,26)3)34-39-19-28(36)33-29(30(37)38-4)21-8-6-5-7-9-21/h5-9,18,24-27,29H,10-17,19H2,1-4H3,(H,33,36)/b34-23-/t24?,25?,26?,27?,29?,31-,32+/m0/s1. The topological polar surface area (TPSA) is 94.1 Å². The summed E-state index contributed by atoms with van der Waals surface area (Å²) < 4.78 is 4.86. The molecule has 0 aliphatic heterocycles. The molecule has 210 valence electrons. The van der Waals surface area contributed by atoms with E-state index in [9.17, 15) is 14.4 Å². The number of Topliss-reactive ketones (excluding diaryl/α,β-unsaturated/α-hetero) is 1. The maximum Gasteiger partial charge on any atom is 0.333 e. The average Bonchev–Trinajstić information content (AvgIpc) is 3.29. The smallest absolute Gasteiger partial charge is 0.333 e. The minimum Gasteiger partial charge on any atom is -0.467 e. The number of fused-ring (bicyclic) bond motifs is 5. The molecule has 4 aliphatic rings. The second-order valence-electron chi connectivity index (χ2n) is 12.6. The molecule has 0 saturated heterocycles. The van der Waals surface area contributed by atoms with Gasteiger partial charge in [0.15, 0.2) is 12.6 Å². The minimum atomic E-state index is -0.893. The van der Waals surface area contributed by atoms with Gasteiger partial charge in [-0.15, -0.1) is 0 Å². The second-order valence-corrected chi connectivity index (χ2v) is 12.6. The van der Waals surface area contributed by atoms with Crippen LogP contribution in [0.15, 0.2) is 47.1 Å². The van der Waals surface area contributed by atoms with Gasteiger partial charge in [-0.3, -0.25) is 9.59 Å². The number of hydrogen-bond acceptors (Lipinski definition) is 6. The predicted molar refractivity (Wildman–Crippen MR) is 149 cm³/mol. The van der Waals surface area contributed by atoms with Gasteiger partial charge in [-0.2, -0.15) is 0 Å². The normalized spacial score (nSPS) is 35.1. The van der Waals surface area contributed by atoms with Crippen molar-refractivity contribution >= 4 is 23.4 Å². The summed E-state index contributed by atoms with van der Waals surface area (Å²) in [5.41, 5.74) is 3.32. The quantitative estimate of drug-likeness (QED) is 0.365. The van der Waals surface area contributed by atoms with Gasteiger partial charge in [0, 0.05) is 5.92 Å². The number of hydrogen-bond donors (Lipinski definition) is 1. The summed E-state index contributed by atoms with van der Waals surface area (Å²) in [6.07, 6.45) is 10.9. The Morgan fingerprint density at radius 2 is 1.79 bits per heavy atom. The number of ether oxygens (including phenoxy) is 1. The first-order chi connectivity index (χ1) is 18.7. The molecular weight excluding hydrogens is 492 g/mol. The van der Waals surface area contributed by atoms with Crippen LogP contribution in [0.1, 0.15) is 83.7 Å². The van der Waals surface area contributed by atoms with Crippen molar-refractivity contribution in [3.05, 3.63) is 47.5 Å². The number of rotatable bonds is 7. The summed E-state index contributed by atoms with van der Waals surface area (Å²) in [7, 11) is 1.30. The van der Waals surface area contributed by atoms with Crippen molar-refractivity contribution < 1.29 is 24.0 Å². The van der Waals surface area contributed by atoms with Gasteiger partial charge in [0.25, 0.3) is 5.91 Å². The highest BCUT2D eigenvalue weighted by atomic mass is 16.6. The average molecular weight is 535 g/mol. The summed E-state index contributed by atoms with van der Waals surface area (Å²) >= 11 is 0. The van der Waals surface area contributed by atoms with Gasteiger partial charge < -0.3 is 14.9 Å². The van der Waals surface area contributed by atoms with Gasteiger partial charge in [0.2, 0.25) is 0 Å². The summed E-state index contributed by atoms with van der Waals surface area (Å²) in [5, 5.41) is 7.00. The van der Waals surface area contributed by atoms with Crippen molar-refractivity contribution in [3.63, 3.8) is 0 Å². The summed E-state index contributed by atoms with van der Waals surface area (Å²) in [5.74, 6) is 1.66. The molecule has 7 atom stereocenters. The third-order valence-electron chi connectivity index (χ3n) is 10.7. The lowest BCUT2D eigenvalue weighted by molar-refractivity contribution is -0.145. The van der Waals surface area contributed by atoms with E-state index in [4.69, 9.17) is 9.57 Å². The number of benzene rings is 1. The van der Waals surface area contributed by atoms with Crippen LogP contribution in [-0.4, -0.2) is 37.1 Å². The highest BCUT2D eigenvalue weighted by molar-refractivity contribution is 5.96. The Morgan fingerprint density at radius 3 is 2.51 bits per heavy atom. The number of amides is 1. The van der Waals surface area contributed by atoms with Crippen molar-refractivity contribution in [3.8, 4) is 0 Å². The number of oxime groups is 1. The first-order valence-electron chi connectivity index (χ1n) is 14.5. The molecule has 0 spiro atoms. The minimum absolute atomic E-state index is 0.165. The van der Waals surface area contributed by atoms with E-state index in [2.05, 4.69) is 30.4 Å². The highest BCUT2D eigenvalue weighted by Crippen LogP contribution is 2.66. The van der Waals surface area contributed by atoms with Crippen LogP contribution in [0.3, 0.4) is 0 Å². The summed E-state index contributed by atoms with van der Waals surface area (Å²) in [6, 6.07) is 8.10. The Morgan fingerprint density at radius 1 is 1.03 bits per heavy atom. The molecule has 1 N–H and O–H groups in total. The molecule has 5 unspecified atom stereocenters. The first kappa shape index (κ1) is 27.6. The number of carbonyl (C=O) groups is 3. The molecule has 7 nitrogen and oxygen atoms in total. The molecule has 7 heteroatoms.